The standard InChI is InChI=1S/C27H24N2O5S/c1-17-6-4-5-15-29(17)35(33,34)20-12-9-18(10-13-20)27(32)28-19-11-14-23-24(16-19)26(31)22-8-3-2-7-21(22)25(23)30/h2-3,7-14,16-17H,4-6,15H2,1H3,(H,28,32). The summed E-state index contributed by atoms with van der Waals surface area (Å²) >= 11 is 0. The van der Waals surface area contributed by atoms with Gasteiger partial charge in [0.15, 0.2) is 11.6 Å². The van der Waals surface area contributed by atoms with Crippen molar-refractivity contribution >= 4 is 33.2 Å². The average molecular weight is 489 g/mol. The molecule has 1 aliphatic heterocycles. The predicted octanol–water partition coefficient (Wildman–Crippen LogP) is 4.28. The number of amides is 1. The lowest BCUT2D eigenvalue weighted by atomic mass is 9.84. The van der Waals surface area contributed by atoms with Gasteiger partial charge in [0.1, 0.15) is 0 Å². The molecule has 0 aromatic heterocycles. The molecule has 1 heterocycles. The Labute approximate surface area is 203 Å². The van der Waals surface area contributed by atoms with Crippen LogP contribution in [0.4, 0.5) is 5.69 Å². The largest absolute Gasteiger partial charge is 0.322 e. The van der Waals surface area contributed by atoms with Crippen molar-refractivity contribution in [1.82, 2.24) is 4.31 Å². The molecule has 1 aliphatic carbocycles. The van der Waals surface area contributed by atoms with Crippen molar-refractivity contribution in [2.24, 2.45) is 0 Å². The summed E-state index contributed by atoms with van der Waals surface area (Å²) < 4.78 is 27.6. The number of nitrogens with one attached hydrogen (secondary N) is 1. The Morgan fingerprint density at radius 2 is 1.49 bits per heavy atom. The average Bonchev–Trinajstić information content (AvgIpc) is 2.87. The van der Waals surface area contributed by atoms with Gasteiger partial charge in [-0.1, -0.05) is 30.7 Å². The summed E-state index contributed by atoms with van der Waals surface area (Å²) in [7, 11) is -3.63. The number of carbonyl (C=O) groups is 3. The van der Waals surface area contributed by atoms with Gasteiger partial charge in [0.05, 0.1) is 4.90 Å². The van der Waals surface area contributed by atoms with Crippen molar-refractivity contribution < 1.29 is 22.8 Å². The minimum atomic E-state index is -3.63. The molecule has 178 valence electrons. The number of hydrogen-bond acceptors (Lipinski definition) is 5. The number of nitrogens with zero attached hydrogens (tertiary/aromatic N) is 1. The highest BCUT2D eigenvalue weighted by atomic mass is 32.2. The molecule has 0 saturated carbocycles. The summed E-state index contributed by atoms with van der Waals surface area (Å²) in [6.07, 6.45) is 2.69. The molecule has 0 radical (unpaired) electrons. The molecule has 1 amide bonds. The Kier molecular flexibility index (Phi) is 5.86. The molecule has 1 saturated heterocycles. The molecule has 1 unspecified atom stereocenters. The molecule has 1 fully saturated rings. The number of anilines is 1. The van der Waals surface area contributed by atoms with Crippen LogP contribution in [-0.2, 0) is 10.0 Å². The molecule has 5 rings (SSSR count). The molecule has 0 spiro atoms. The number of sulfonamides is 1. The van der Waals surface area contributed by atoms with Crippen LogP contribution < -0.4 is 5.32 Å². The van der Waals surface area contributed by atoms with Crippen LogP contribution in [0.25, 0.3) is 0 Å². The fourth-order valence-electron chi connectivity index (χ4n) is 4.72. The second-order valence-corrected chi connectivity index (χ2v) is 10.8. The van der Waals surface area contributed by atoms with Gasteiger partial charge in [0.25, 0.3) is 5.91 Å². The van der Waals surface area contributed by atoms with E-state index < -0.39 is 15.9 Å². The SMILES string of the molecule is CC1CCCCN1S(=O)(=O)c1ccc(C(=O)Nc2ccc3c(c2)C(=O)c2ccccc2C3=O)cc1. The van der Waals surface area contributed by atoms with Crippen LogP contribution in [0.3, 0.4) is 0 Å². The molecule has 2 aliphatic rings. The summed E-state index contributed by atoms with van der Waals surface area (Å²) in [6, 6.07) is 17.1. The molecule has 35 heavy (non-hydrogen) atoms. The van der Waals surface area contributed by atoms with Crippen LogP contribution in [0.1, 0.15) is 68.4 Å². The number of ketones is 2. The first-order chi connectivity index (χ1) is 16.8. The lowest BCUT2D eigenvalue weighted by molar-refractivity contribution is 0.0979. The van der Waals surface area contributed by atoms with Gasteiger partial charge in [0, 0.05) is 46.1 Å². The third-order valence-corrected chi connectivity index (χ3v) is 8.68. The van der Waals surface area contributed by atoms with Gasteiger partial charge in [-0.15, -0.1) is 0 Å². The molecular formula is C27H24N2O5S. The Hall–Kier alpha value is -3.62. The van der Waals surface area contributed by atoms with Gasteiger partial charge in [-0.2, -0.15) is 4.31 Å². The third-order valence-electron chi connectivity index (χ3n) is 6.65. The first kappa shape index (κ1) is 23.1. The van der Waals surface area contributed by atoms with Crippen LogP contribution in [0.2, 0.25) is 0 Å². The number of rotatable bonds is 4. The number of carbonyl (C=O) groups excluding carboxylic acids is 3. The van der Waals surface area contributed by atoms with E-state index >= 15 is 0 Å². The van der Waals surface area contributed by atoms with Gasteiger partial charge >= 0.3 is 0 Å². The minimum absolute atomic E-state index is 0.0534. The summed E-state index contributed by atoms with van der Waals surface area (Å²) in [5.41, 5.74) is 1.90. The smallest absolute Gasteiger partial charge is 0.255 e. The van der Waals surface area contributed by atoms with Gasteiger partial charge in [0.2, 0.25) is 10.0 Å². The maximum atomic E-state index is 13.0. The van der Waals surface area contributed by atoms with E-state index in [0.717, 1.165) is 19.3 Å². The number of benzene rings is 3. The topological polar surface area (TPSA) is 101 Å². The summed E-state index contributed by atoms with van der Waals surface area (Å²) in [6.45, 7) is 2.41. The molecule has 3 aromatic carbocycles. The van der Waals surface area contributed by atoms with E-state index in [2.05, 4.69) is 5.32 Å². The van der Waals surface area contributed by atoms with Crippen molar-refractivity contribution in [1.29, 1.82) is 0 Å². The zero-order chi connectivity index (χ0) is 24.7. The molecule has 3 aromatic rings. The second kappa shape index (κ2) is 8.87. The van der Waals surface area contributed by atoms with Crippen molar-refractivity contribution in [3.63, 3.8) is 0 Å². The predicted molar refractivity (Wildman–Crippen MR) is 131 cm³/mol. The van der Waals surface area contributed by atoms with Gasteiger partial charge in [-0.05, 0) is 62.2 Å². The number of hydrogen-bond donors (Lipinski definition) is 1. The zero-order valence-corrected chi connectivity index (χ0v) is 20.0. The Morgan fingerprint density at radius 1 is 0.857 bits per heavy atom. The van der Waals surface area contributed by atoms with Crippen LogP contribution in [0.15, 0.2) is 71.6 Å². The Morgan fingerprint density at radius 3 is 2.14 bits per heavy atom. The molecule has 1 atom stereocenters. The first-order valence-electron chi connectivity index (χ1n) is 11.5. The fraction of sp³-hybridized carbons (Fsp3) is 0.222. The summed E-state index contributed by atoms with van der Waals surface area (Å²) in [5, 5.41) is 2.73. The monoisotopic (exact) mass is 488 g/mol. The van der Waals surface area contributed by atoms with E-state index in [9.17, 15) is 22.8 Å². The van der Waals surface area contributed by atoms with Crippen molar-refractivity contribution in [2.75, 3.05) is 11.9 Å². The van der Waals surface area contributed by atoms with Crippen molar-refractivity contribution in [3.05, 3.63) is 94.5 Å². The van der Waals surface area contributed by atoms with Crippen LogP contribution >= 0.6 is 0 Å². The Bertz CT molecular complexity index is 1460. The van der Waals surface area contributed by atoms with Crippen molar-refractivity contribution in [3.8, 4) is 0 Å². The van der Waals surface area contributed by atoms with E-state index in [0.29, 0.717) is 28.9 Å². The van der Waals surface area contributed by atoms with Crippen molar-refractivity contribution in [2.45, 2.75) is 37.1 Å². The highest BCUT2D eigenvalue weighted by Gasteiger charge is 2.31. The quantitative estimate of drug-likeness (QED) is 0.462. The highest BCUT2D eigenvalue weighted by molar-refractivity contribution is 7.89. The van der Waals surface area contributed by atoms with E-state index in [1.807, 2.05) is 6.92 Å². The van der Waals surface area contributed by atoms with Crippen LogP contribution in [0, 0.1) is 0 Å². The molecule has 1 N–H and O–H groups in total. The first-order valence-corrected chi connectivity index (χ1v) is 13.0. The molecular weight excluding hydrogens is 464 g/mol. The normalized spacial score (nSPS) is 18.0. The fourth-order valence-corrected chi connectivity index (χ4v) is 6.42. The van der Waals surface area contributed by atoms with Crippen LogP contribution in [0.5, 0.6) is 0 Å². The second-order valence-electron chi connectivity index (χ2n) is 8.90. The number of fused-ring (bicyclic) bond motifs is 2. The third kappa shape index (κ3) is 4.09. The van der Waals surface area contributed by atoms with E-state index in [-0.39, 0.29) is 33.6 Å². The van der Waals surface area contributed by atoms with E-state index in [4.69, 9.17) is 0 Å². The zero-order valence-electron chi connectivity index (χ0n) is 19.2. The van der Waals surface area contributed by atoms with E-state index in [1.165, 1.54) is 40.7 Å². The maximum absolute atomic E-state index is 13.0. The lowest BCUT2D eigenvalue weighted by Gasteiger charge is -2.32. The minimum Gasteiger partial charge on any atom is -0.322 e. The molecule has 7 nitrogen and oxygen atoms in total. The molecule has 0 bridgehead atoms. The number of piperidine rings is 1. The van der Waals surface area contributed by atoms with Gasteiger partial charge in [-0.3, -0.25) is 14.4 Å². The highest BCUT2D eigenvalue weighted by Crippen LogP contribution is 2.29. The molecule has 8 heteroatoms. The Balaban J connectivity index is 1.35. The maximum Gasteiger partial charge on any atom is 0.255 e. The van der Waals surface area contributed by atoms with Gasteiger partial charge in [-0.25, -0.2) is 8.42 Å². The van der Waals surface area contributed by atoms with Crippen LogP contribution in [-0.4, -0.2) is 42.8 Å². The lowest BCUT2D eigenvalue weighted by Crippen LogP contribution is -2.41. The van der Waals surface area contributed by atoms with Gasteiger partial charge < -0.3 is 5.32 Å². The van der Waals surface area contributed by atoms with E-state index in [1.54, 1.807) is 30.3 Å². The summed E-state index contributed by atoms with van der Waals surface area (Å²) in [5.74, 6) is -0.948. The summed E-state index contributed by atoms with van der Waals surface area (Å²) in [4.78, 5) is 38.7.